The van der Waals surface area contributed by atoms with Gasteiger partial charge in [0.1, 0.15) is 18.0 Å². The van der Waals surface area contributed by atoms with E-state index in [4.69, 9.17) is 9.47 Å². The number of ether oxygens (including phenoxy) is 2. The normalized spacial score (nSPS) is 11.0. The van der Waals surface area contributed by atoms with Crippen molar-refractivity contribution in [2.75, 3.05) is 25.1 Å². The number of aryl methyl sites for hydroxylation is 1. The zero-order chi connectivity index (χ0) is 23.1. The Bertz CT molecular complexity index is 1160. The molecule has 0 spiro atoms. The molecule has 1 N–H and O–H groups in total. The molecule has 0 aliphatic rings. The number of carbonyl (C=O) groups is 1. The summed E-state index contributed by atoms with van der Waals surface area (Å²) < 4.78 is 38.8. The van der Waals surface area contributed by atoms with E-state index in [1.54, 1.807) is 24.3 Å². The van der Waals surface area contributed by atoms with Gasteiger partial charge in [0.05, 0.1) is 24.8 Å². The van der Waals surface area contributed by atoms with Gasteiger partial charge < -0.3 is 14.8 Å². The lowest BCUT2D eigenvalue weighted by molar-refractivity contribution is -0.119. The molecule has 0 radical (unpaired) electrons. The lowest BCUT2D eigenvalue weighted by Gasteiger charge is -2.26. The molecular weight excluding hydrogens is 428 g/mol. The summed E-state index contributed by atoms with van der Waals surface area (Å²) in [4.78, 5) is 12.9. The van der Waals surface area contributed by atoms with Crippen LogP contribution in [0.3, 0.4) is 0 Å². The second kappa shape index (κ2) is 10.2. The van der Waals surface area contributed by atoms with Crippen molar-refractivity contribution in [1.29, 1.82) is 0 Å². The van der Waals surface area contributed by atoms with E-state index < -0.39 is 22.5 Å². The van der Waals surface area contributed by atoms with Crippen LogP contribution in [0.5, 0.6) is 11.5 Å². The summed E-state index contributed by atoms with van der Waals surface area (Å²) in [5.74, 6) is 0.293. The fourth-order valence-corrected chi connectivity index (χ4v) is 4.53. The van der Waals surface area contributed by atoms with Gasteiger partial charge in [0.15, 0.2) is 0 Å². The van der Waals surface area contributed by atoms with Gasteiger partial charge in [-0.2, -0.15) is 0 Å². The number of anilines is 1. The van der Waals surface area contributed by atoms with Gasteiger partial charge in [-0.05, 0) is 36.8 Å². The molecule has 3 aromatic rings. The van der Waals surface area contributed by atoms with Gasteiger partial charge in [-0.3, -0.25) is 9.10 Å². The first kappa shape index (κ1) is 23.1. The first-order valence-corrected chi connectivity index (χ1v) is 11.4. The van der Waals surface area contributed by atoms with E-state index >= 15 is 0 Å². The quantitative estimate of drug-likeness (QED) is 0.535. The van der Waals surface area contributed by atoms with Crippen molar-refractivity contribution in [3.05, 3.63) is 83.9 Å². The molecule has 0 saturated carbocycles. The molecule has 0 bridgehead atoms. The highest BCUT2D eigenvalue weighted by molar-refractivity contribution is 7.92. The number of sulfonamides is 1. The van der Waals surface area contributed by atoms with Crippen molar-refractivity contribution >= 4 is 21.6 Å². The highest BCUT2D eigenvalue weighted by atomic mass is 32.2. The Kier molecular flexibility index (Phi) is 7.37. The van der Waals surface area contributed by atoms with Crippen LogP contribution in [-0.4, -0.2) is 35.1 Å². The van der Waals surface area contributed by atoms with E-state index in [0.29, 0.717) is 11.5 Å². The Labute approximate surface area is 188 Å². The first-order valence-electron chi connectivity index (χ1n) is 9.97. The predicted octanol–water partition coefficient (Wildman–Crippen LogP) is 3.52. The highest BCUT2D eigenvalue weighted by Crippen LogP contribution is 2.35. The van der Waals surface area contributed by atoms with Gasteiger partial charge in [-0.25, -0.2) is 8.42 Å². The Morgan fingerprint density at radius 1 is 0.938 bits per heavy atom. The van der Waals surface area contributed by atoms with Crippen LogP contribution in [0.1, 0.15) is 11.1 Å². The predicted molar refractivity (Wildman–Crippen MR) is 124 cm³/mol. The topological polar surface area (TPSA) is 84.9 Å². The number of rotatable bonds is 9. The van der Waals surface area contributed by atoms with Crippen molar-refractivity contribution in [3.8, 4) is 11.5 Å². The molecule has 168 valence electrons. The van der Waals surface area contributed by atoms with Crippen LogP contribution in [0, 0.1) is 6.92 Å². The molecule has 1 amide bonds. The standard InChI is InChI=1S/C24H26N2O5S/c1-18-9-12-21(13-10-18)32(28,29)26(22-15-20(30-2)11-14-23(22)31-3)17-24(27)25-16-19-7-5-4-6-8-19/h4-15H,16-17H2,1-3H3,(H,25,27). The molecule has 3 aromatic carbocycles. The maximum Gasteiger partial charge on any atom is 0.264 e. The molecule has 32 heavy (non-hydrogen) atoms. The second-order valence-corrected chi connectivity index (χ2v) is 8.99. The molecule has 8 heteroatoms. The molecule has 3 rings (SSSR count). The minimum atomic E-state index is -4.07. The molecule has 0 heterocycles. The van der Waals surface area contributed by atoms with Gasteiger partial charge in [-0.1, -0.05) is 48.0 Å². The zero-order valence-electron chi connectivity index (χ0n) is 18.2. The van der Waals surface area contributed by atoms with Crippen molar-refractivity contribution in [3.63, 3.8) is 0 Å². The van der Waals surface area contributed by atoms with Crippen LogP contribution in [0.25, 0.3) is 0 Å². The molecular formula is C24H26N2O5S. The zero-order valence-corrected chi connectivity index (χ0v) is 19.1. The highest BCUT2D eigenvalue weighted by Gasteiger charge is 2.30. The van der Waals surface area contributed by atoms with E-state index in [-0.39, 0.29) is 17.1 Å². The van der Waals surface area contributed by atoms with Crippen LogP contribution in [0.2, 0.25) is 0 Å². The Balaban J connectivity index is 1.98. The number of nitrogens with one attached hydrogen (secondary N) is 1. The van der Waals surface area contributed by atoms with Gasteiger partial charge in [-0.15, -0.1) is 0 Å². The number of carbonyl (C=O) groups excluding carboxylic acids is 1. The van der Waals surface area contributed by atoms with Crippen molar-refractivity contribution < 1.29 is 22.7 Å². The van der Waals surface area contributed by atoms with E-state index in [2.05, 4.69) is 5.32 Å². The van der Waals surface area contributed by atoms with Crippen molar-refractivity contribution in [2.24, 2.45) is 0 Å². The lowest BCUT2D eigenvalue weighted by atomic mass is 10.2. The molecule has 7 nitrogen and oxygen atoms in total. The fraction of sp³-hybridized carbons (Fsp3) is 0.208. The summed E-state index contributed by atoms with van der Waals surface area (Å²) in [6.45, 7) is 1.73. The summed E-state index contributed by atoms with van der Waals surface area (Å²) in [6, 6.07) is 20.7. The number of amides is 1. The number of methoxy groups -OCH3 is 2. The summed E-state index contributed by atoms with van der Waals surface area (Å²) in [7, 11) is -1.14. The lowest BCUT2D eigenvalue weighted by Crippen LogP contribution is -2.40. The minimum absolute atomic E-state index is 0.0730. The Hall–Kier alpha value is -3.52. The maximum atomic E-state index is 13.6. The first-order chi connectivity index (χ1) is 15.3. The summed E-state index contributed by atoms with van der Waals surface area (Å²) >= 11 is 0. The smallest absolute Gasteiger partial charge is 0.264 e. The van der Waals surface area contributed by atoms with Crippen LogP contribution < -0.4 is 19.1 Å². The fourth-order valence-electron chi connectivity index (χ4n) is 3.11. The molecule has 0 atom stereocenters. The second-order valence-electron chi connectivity index (χ2n) is 7.12. The third kappa shape index (κ3) is 5.39. The number of nitrogens with zero attached hydrogens (tertiary/aromatic N) is 1. The van der Waals surface area contributed by atoms with E-state index in [9.17, 15) is 13.2 Å². The average Bonchev–Trinajstić information content (AvgIpc) is 2.81. The summed E-state index contributed by atoms with van der Waals surface area (Å²) in [5, 5.41) is 2.78. The van der Waals surface area contributed by atoms with E-state index in [1.165, 1.54) is 32.4 Å². The Morgan fingerprint density at radius 3 is 2.25 bits per heavy atom. The average molecular weight is 455 g/mol. The van der Waals surface area contributed by atoms with Gasteiger partial charge >= 0.3 is 0 Å². The number of hydrogen-bond donors (Lipinski definition) is 1. The third-order valence-electron chi connectivity index (χ3n) is 4.88. The molecule has 0 aliphatic heterocycles. The van der Waals surface area contributed by atoms with E-state index in [1.807, 2.05) is 37.3 Å². The third-order valence-corrected chi connectivity index (χ3v) is 6.66. The van der Waals surface area contributed by atoms with E-state index in [0.717, 1.165) is 15.4 Å². The summed E-state index contributed by atoms with van der Waals surface area (Å²) in [6.07, 6.45) is 0. The molecule has 0 fully saturated rings. The molecule has 0 saturated heterocycles. The Morgan fingerprint density at radius 2 is 1.62 bits per heavy atom. The summed E-state index contributed by atoms with van der Waals surface area (Å²) in [5.41, 5.74) is 2.05. The molecule has 0 unspecified atom stereocenters. The van der Waals surface area contributed by atoms with Gasteiger partial charge in [0.25, 0.3) is 10.0 Å². The van der Waals surface area contributed by atoms with Crippen LogP contribution in [0.4, 0.5) is 5.69 Å². The SMILES string of the molecule is COc1ccc(OC)c(N(CC(=O)NCc2ccccc2)S(=O)(=O)c2ccc(C)cc2)c1. The monoisotopic (exact) mass is 454 g/mol. The maximum absolute atomic E-state index is 13.6. The molecule has 0 aliphatic carbocycles. The van der Waals surface area contributed by atoms with Crippen LogP contribution in [0.15, 0.2) is 77.7 Å². The van der Waals surface area contributed by atoms with Gasteiger partial charge in [0, 0.05) is 12.6 Å². The largest absolute Gasteiger partial charge is 0.497 e. The number of hydrogen-bond acceptors (Lipinski definition) is 5. The van der Waals surface area contributed by atoms with Crippen molar-refractivity contribution in [1.82, 2.24) is 5.32 Å². The number of benzene rings is 3. The van der Waals surface area contributed by atoms with Crippen molar-refractivity contribution in [2.45, 2.75) is 18.4 Å². The van der Waals surface area contributed by atoms with Crippen LogP contribution >= 0.6 is 0 Å². The van der Waals surface area contributed by atoms with Gasteiger partial charge in [0.2, 0.25) is 5.91 Å². The van der Waals surface area contributed by atoms with Crippen LogP contribution in [-0.2, 0) is 21.4 Å². The molecule has 0 aromatic heterocycles. The minimum Gasteiger partial charge on any atom is -0.497 e.